The molecule has 0 saturated carbocycles. The van der Waals surface area contributed by atoms with E-state index in [1.165, 1.54) is 0 Å². The Morgan fingerprint density at radius 1 is 1.31 bits per heavy atom. The fourth-order valence-electron chi connectivity index (χ4n) is 1.68. The van der Waals surface area contributed by atoms with Crippen molar-refractivity contribution >= 4 is 11.8 Å². The molecule has 5 heteroatoms. The lowest BCUT2D eigenvalue weighted by molar-refractivity contribution is -0.131. The first-order valence-corrected chi connectivity index (χ1v) is 5.03. The highest BCUT2D eigenvalue weighted by molar-refractivity contribution is 6.09. The molecule has 0 aliphatic carbocycles. The molecule has 0 saturated heterocycles. The highest BCUT2D eigenvalue weighted by Crippen LogP contribution is 2.17. The second kappa shape index (κ2) is 4.42. The smallest absolute Gasteiger partial charge is 0.275 e. The Balaban J connectivity index is 2.27. The van der Waals surface area contributed by atoms with Gasteiger partial charge in [0.1, 0.15) is 0 Å². The highest BCUT2D eigenvalue weighted by atomic mass is 16.3. The van der Waals surface area contributed by atoms with Gasteiger partial charge in [0.15, 0.2) is 0 Å². The van der Waals surface area contributed by atoms with E-state index in [2.05, 4.69) is 5.43 Å². The van der Waals surface area contributed by atoms with Crippen LogP contribution in [-0.4, -0.2) is 35.1 Å². The van der Waals surface area contributed by atoms with Crippen LogP contribution in [0.4, 0.5) is 0 Å². The quantitative estimate of drug-likeness (QED) is 0.687. The Labute approximate surface area is 92.6 Å². The summed E-state index contributed by atoms with van der Waals surface area (Å²) in [5.74, 6) is -0.655. The lowest BCUT2D eigenvalue weighted by Gasteiger charge is -2.26. The summed E-state index contributed by atoms with van der Waals surface area (Å²) in [7, 11) is 0. The van der Waals surface area contributed by atoms with Crippen molar-refractivity contribution in [3.05, 3.63) is 35.4 Å². The lowest BCUT2D eigenvalue weighted by atomic mass is 10.00. The van der Waals surface area contributed by atoms with Gasteiger partial charge < -0.3 is 5.11 Å². The highest BCUT2D eigenvalue weighted by Gasteiger charge is 2.30. The Bertz CT molecular complexity index is 431. The summed E-state index contributed by atoms with van der Waals surface area (Å²) in [6.45, 7) is 0.0539. The van der Waals surface area contributed by atoms with Gasteiger partial charge in [0, 0.05) is 12.1 Å². The van der Waals surface area contributed by atoms with Gasteiger partial charge in [-0.2, -0.15) is 0 Å². The summed E-state index contributed by atoms with van der Waals surface area (Å²) in [5.41, 5.74) is 3.88. The lowest BCUT2D eigenvalue weighted by Crippen LogP contribution is -2.51. The SMILES string of the molecule is O=C1Cc2ccccc2C(=O)N1NCCO. The number of imide groups is 1. The van der Waals surface area contributed by atoms with Crippen LogP contribution in [0, 0.1) is 0 Å². The molecular weight excluding hydrogens is 208 g/mol. The van der Waals surface area contributed by atoms with Crippen molar-refractivity contribution in [1.29, 1.82) is 0 Å². The molecule has 84 valence electrons. The van der Waals surface area contributed by atoms with Gasteiger partial charge in [-0.25, -0.2) is 10.4 Å². The van der Waals surface area contributed by atoms with Crippen molar-refractivity contribution in [2.75, 3.05) is 13.2 Å². The maximum absolute atomic E-state index is 11.9. The monoisotopic (exact) mass is 220 g/mol. The summed E-state index contributed by atoms with van der Waals surface area (Å²) in [5, 5.41) is 9.62. The van der Waals surface area contributed by atoms with Crippen molar-refractivity contribution in [2.45, 2.75) is 6.42 Å². The molecule has 0 atom stereocenters. The second-order valence-electron chi connectivity index (χ2n) is 3.50. The van der Waals surface area contributed by atoms with E-state index in [-0.39, 0.29) is 31.4 Å². The van der Waals surface area contributed by atoms with Crippen LogP contribution in [-0.2, 0) is 11.2 Å². The maximum Gasteiger partial charge on any atom is 0.275 e. The number of amides is 2. The molecule has 1 aromatic carbocycles. The summed E-state index contributed by atoms with van der Waals surface area (Å²) in [6, 6.07) is 7.03. The molecule has 2 amide bonds. The number of hydrogen-bond donors (Lipinski definition) is 2. The summed E-state index contributed by atoms with van der Waals surface area (Å²) in [4.78, 5) is 23.5. The van der Waals surface area contributed by atoms with Crippen molar-refractivity contribution in [2.24, 2.45) is 0 Å². The maximum atomic E-state index is 11.9. The van der Waals surface area contributed by atoms with E-state index in [0.29, 0.717) is 5.56 Å². The zero-order valence-corrected chi connectivity index (χ0v) is 8.64. The molecule has 1 aliphatic heterocycles. The van der Waals surface area contributed by atoms with Crippen LogP contribution in [0.2, 0.25) is 0 Å². The molecule has 16 heavy (non-hydrogen) atoms. The van der Waals surface area contributed by atoms with Crippen LogP contribution >= 0.6 is 0 Å². The molecule has 0 unspecified atom stereocenters. The minimum Gasteiger partial charge on any atom is -0.395 e. The number of aliphatic hydroxyl groups excluding tert-OH is 1. The number of aliphatic hydroxyl groups is 1. The first-order valence-electron chi connectivity index (χ1n) is 5.03. The molecular formula is C11H12N2O3. The van der Waals surface area contributed by atoms with Gasteiger partial charge in [0.2, 0.25) is 5.91 Å². The van der Waals surface area contributed by atoms with E-state index >= 15 is 0 Å². The third kappa shape index (κ3) is 1.82. The normalized spacial score (nSPS) is 15.2. The van der Waals surface area contributed by atoms with Crippen molar-refractivity contribution in [1.82, 2.24) is 10.4 Å². The number of rotatable bonds is 3. The van der Waals surface area contributed by atoms with Gasteiger partial charge in [-0.3, -0.25) is 9.59 Å². The Kier molecular flexibility index (Phi) is 2.98. The van der Waals surface area contributed by atoms with Gasteiger partial charge in [-0.15, -0.1) is 0 Å². The van der Waals surface area contributed by atoms with Crippen molar-refractivity contribution in [3.63, 3.8) is 0 Å². The topological polar surface area (TPSA) is 69.6 Å². The Hall–Kier alpha value is -1.72. The van der Waals surface area contributed by atoms with E-state index < -0.39 is 0 Å². The van der Waals surface area contributed by atoms with E-state index in [1.807, 2.05) is 0 Å². The van der Waals surface area contributed by atoms with Gasteiger partial charge in [-0.05, 0) is 11.6 Å². The van der Waals surface area contributed by atoms with Crippen LogP contribution in [0.5, 0.6) is 0 Å². The molecule has 1 aliphatic rings. The minimum atomic E-state index is -0.361. The van der Waals surface area contributed by atoms with Crippen molar-refractivity contribution in [3.8, 4) is 0 Å². The second-order valence-corrected chi connectivity index (χ2v) is 3.50. The molecule has 2 N–H and O–H groups in total. The third-order valence-electron chi connectivity index (χ3n) is 2.42. The molecule has 0 fully saturated rings. The molecule has 0 aromatic heterocycles. The number of carbonyl (C=O) groups is 2. The molecule has 1 heterocycles. The Morgan fingerprint density at radius 3 is 2.81 bits per heavy atom. The minimum absolute atomic E-state index is 0.126. The van der Waals surface area contributed by atoms with Crippen LogP contribution in [0.25, 0.3) is 0 Å². The van der Waals surface area contributed by atoms with Crippen LogP contribution in [0.1, 0.15) is 15.9 Å². The van der Waals surface area contributed by atoms with Gasteiger partial charge in [0.05, 0.1) is 13.0 Å². The predicted molar refractivity (Wildman–Crippen MR) is 56.4 cm³/mol. The Morgan fingerprint density at radius 2 is 2.06 bits per heavy atom. The van der Waals surface area contributed by atoms with E-state index in [0.717, 1.165) is 10.6 Å². The molecule has 0 radical (unpaired) electrons. The summed E-state index contributed by atoms with van der Waals surface area (Å²) >= 11 is 0. The first-order chi connectivity index (χ1) is 7.74. The van der Waals surface area contributed by atoms with E-state index in [9.17, 15) is 9.59 Å². The van der Waals surface area contributed by atoms with Gasteiger partial charge in [-0.1, -0.05) is 18.2 Å². The number of hydrogen-bond acceptors (Lipinski definition) is 4. The zero-order valence-electron chi connectivity index (χ0n) is 8.64. The molecule has 5 nitrogen and oxygen atoms in total. The largest absolute Gasteiger partial charge is 0.395 e. The summed E-state index contributed by atoms with van der Waals surface area (Å²) < 4.78 is 0. The summed E-state index contributed by atoms with van der Waals surface area (Å²) in [6.07, 6.45) is 0.209. The van der Waals surface area contributed by atoms with Crippen LogP contribution in [0.3, 0.4) is 0 Å². The van der Waals surface area contributed by atoms with Crippen LogP contribution in [0.15, 0.2) is 24.3 Å². The van der Waals surface area contributed by atoms with Gasteiger partial charge >= 0.3 is 0 Å². The van der Waals surface area contributed by atoms with E-state index in [4.69, 9.17) is 5.11 Å². The number of benzene rings is 1. The van der Waals surface area contributed by atoms with E-state index in [1.54, 1.807) is 24.3 Å². The van der Waals surface area contributed by atoms with Crippen molar-refractivity contribution < 1.29 is 14.7 Å². The number of carbonyl (C=O) groups excluding carboxylic acids is 2. The number of hydrazine groups is 1. The molecule has 1 aromatic rings. The van der Waals surface area contributed by atoms with Crippen LogP contribution < -0.4 is 5.43 Å². The first kappa shape index (κ1) is 10.8. The third-order valence-corrected chi connectivity index (χ3v) is 2.42. The molecule has 0 spiro atoms. The number of fused-ring (bicyclic) bond motifs is 1. The average Bonchev–Trinajstić information content (AvgIpc) is 2.29. The molecule has 2 rings (SSSR count). The fraction of sp³-hybridized carbons (Fsp3) is 0.273. The van der Waals surface area contributed by atoms with Gasteiger partial charge in [0.25, 0.3) is 5.91 Å². The average molecular weight is 220 g/mol. The standard InChI is InChI=1S/C11H12N2O3/c14-6-5-12-13-10(15)7-8-3-1-2-4-9(8)11(13)16/h1-4,12,14H,5-7H2. The molecule has 0 bridgehead atoms. The number of nitrogens with one attached hydrogen (secondary N) is 1. The zero-order chi connectivity index (χ0) is 11.5. The predicted octanol–water partition coefficient (Wildman–Crippen LogP) is -0.292. The number of nitrogens with zero attached hydrogens (tertiary/aromatic N) is 1. The fourth-order valence-corrected chi connectivity index (χ4v) is 1.68.